The molecule has 1 aromatic rings. The number of carbonyl (C=O) groups is 1. The molecule has 0 amide bonds. The highest BCUT2D eigenvalue weighted by molar-refractivity contribution is 6.32. The van der Waals surface area contributed by atoms with Crippen molar-refractivity contribution in [3.8, 4) is 5.75 Å². The Labute approximate surface area is 105 Å². The topological polar surface area (TPSA) is 61.6 Å². The summed E-state index contributed by atoms with van der Waals surface area (Å²) >= 11 is 6.07. The summed E-state index contributed by atoms with van der Waals surface area (Å²) in [7, 11) is 0. The van der Waals surface area contributed by atoms with Crippen LogP contribution in [0.1, 0.15) is 24.9 Å². The van der Waals surface area contributed by atoms with Gasteiger partial charge in [0, 0.05) is 12.5 Å². The van der Waals surface area contributed by atoms with Gasteiger partial charge in [-0.2, -0.15) is 0 Å². The average molecular weight is 256 g/mol. The molecule has 92 valence electrons. The molecule has 2 atom stereocenters. The lowest BCUT2D eigenvalue weighted by molar-refractivity contribution is -0.143. The molecule has 0 radical (unpaired) electrons. The Balaban J connectivity index is 2.14. The van der Waals surface area contributed by atoms with Crippen molar-refractivity contribution in [2.24, 2.45) is 5.73 Å². The van der Waals surface area contributed by atoms with Gasteiger partial charge in [0.15, 0.2) is 6.10 Å². The van der Waals surface area contributed by atoms with Gasteiger partial charge in [0.25, 0.3) is 0 Å². The molecule has 1 unspecified atom stereocenters. The lowest BCUT2D eigenvalue weighted by atomic mass is 10.1. The number of hydrogen-bond donors (Lipinski definition) is 1. The van der Waals surface area contributed by atoms with E-state index < -0.39 is 6.10 Å². The number of nitrogens with two attached hydrogens (primary N) is 1. The van der Waals surface area contributed by atoms with Crippen molar-refractivity contribution in [1.82, 2.24) is 0 Å². The quantitative estimate of drug-likeness (QED) is 0.840. The van der Waals surface area contributed by atoms with E-state index in [1.54, 1.807) is 12.1 Å². The second kappa shape index (κ2) is 4.94. The van der Waals surface area contributed by atoms with Crippen LogP contribution in [0.5, 0.6) is 5.75 Å². The third kappa shape index (κ3) is 2.70. The van der Waals surface area contributed by atoms with Crippen LogP contribution in [0.3, 0.4) is 0 Å². The van der Waals surface area contributed by atoms with Crippen LogP contribution in [0.15, 0.2) is 18.2 Å². The molecule has 0 spiro atoms. The van der Waals surface area contributed by atoms with Crippen molar-refractivity contribution < 1.29 is 14.3 Å². The summed E-state index contributed by atoms with van der Waals surface area (Å²) in [5.74, 6) is 0.150. The van der Waals surface area contributed by atoms with E-state index in [-0.39, 0.29) is 12.0 Å². The Kier molecular flexibility index (Phi) is 3.54. The lowest BCUT2D eigenvalue weighted by Gasteiger charge is -2.13. The van der Waals surface area contributed by atoms with Gasteiger partial charge in [0.2, 0.25) is 0 Å². The normalized spacial score (nSPS) is 21.1. The van der Waals surface area contributed by atoms with E-state index in [2.05, 4.69) is 0 Å². The minimum atomic E-state index is -0.548. The van der Waals surface area contributed by atoms with Gasteiger partial charge in [-0.25, -0.2) is 4.79 Å². The summed E-state index contributed by atoms with van der Waals surface area (Å²) in [5, 5.41) is 0.458. The van der Waals surface area contributed by atoms with Gasteiger partial charge >= 0.3 is 5.97 Å². The molecule has 0 bridgehead atoms. The van der Waals surface area contributed by atoms with Crippen LogP contribution in [-0.2, 0) is 9.53 Å². The lowest BCUT2D eigenvalue weighted by Crippen LogP contribution is -2.21. The molecule has 2 N–H and O–H groups in total. The third-order valence-corrected chi connectivity index (χ3v) is 2.93. The number of ether oxygens (including phenoxy) is 2. The summed E-state index contributed by atoms with van der Waals surface area (Å²) in [6.45, 7) is 2.28. The van der Waals surface area contributed by atoms with Gasteiger partial charge in [-0.1, -0.05) is 17.7 Å². The standard InChI is InChI=1S/C12H14ClNO3/c1-7(14)8-2-3-10(9(13)6-8)17-11-4-5-16-12(11)15/h2-3,6-7,11H,4-5,14H2,1H3/t7-,11?/m1/s1. The zero-order valence-corrected chi connectivity index (χ0v) is 10.2. The fraction of sp³-hybridized carbons (Fsp3) is 0.417. The highest BCUT2D eigenvalue weighted by Gasteiger charge is 2.28. The predicted octanol–water partition coefficient (Wildman–Crippen LogP) is 2.05. The van der Waals surface area contributed by atoms with Gasteiger partial charge in [-0.05, 0) is 24.6 Å². The zero-order valence-electron chi connectivity index (χ0n) is 9.48. The Bertz CT molecular complexity index is 434. The summed E-state index contributed by atoms with van der Waals surface area (Å²) in [5.41, 5.74) is 6.67. The van der Waals surface area contributed by atoms with Crippen LogP contribution in [0.2, 0.25) is 5.02 Å². The number of hydrogen-bond acceptors (Lipinski definition) is 4. The molecule has 1 heterocycles. The average Bonchev–Trinajstić information content (AvgIpc) is 2.67. The molecule has 1 aliphatic heterocycles. The van der Waals surface area contributed by atoms with Crippen molar-refractivity contribution in [2.75, 3.05) is 6.61 Å². The van der Waals surface area contributed by atoms with E-state index in [4.69, 9.17) is 26.8 Å². The van der Waals surface area contributed by atoms with Crippen molar-refractivity contribution in [2.45, 2.75) is 25.5 Å². The second-order valence-electron chi connectivity index (χ2n) is 4.04. The highest BCUT2D eigenvalue weighted by atomic mass is 35.5. The van der Waals surface area contributed by atoms with Crippen LogP contribution < -0.4 is 10.5 Å². The Morgan fingerprint density at radius 3 is 2.88 bits per heavy atom. The number of carbonyl (C=O) groups excluding carboxylic acids is 1. The summed E-state index contributed by atoms with van der Waals surface area (Å²) in [6.07, 6.45) is 0.0122. The maximum Gasteiger partial charge on any atom is 0.347 e. The molecule has 17 heavy (non-hydrogen) atoms. The molecule has 0 aromatic heterocycles. The number of esters is 1. The fourth-order valence-electron chi connectivity index (χ4n) is 1.63. The fourth-order valence-corrected chi connectivity index (χ4v) is 1.87. The van der Waals surface area contributed by atoms with E-state index in [0.29, 0.717) is 23.8 Å². The van der Waals surface area contributed by atoms with Crippen molar-refractivity contribution in [3.05, 3.63) is 28.8 Å². The zero-order chi connectivity index (χ0) is 12.4. The minimum absolute atomic E-state index is 0.0852. The largest absolute Gasteiger partial charge is 0.477 e. The number of rotatable bonds is 3. The molecule has 5 heteroatoms. The molecule has 0 aliphatic carbocycles. The van der Waals surface area contributed by atoms with Crippen LogP contribution >= 0.6 is 11.6 Å². The van der Waals surface area contributed by atoms with Crippen molar-refractivity contribution >= 4 is 17.6 Å². The maximum atomic E-state index is 11.3. The molecular formula is C12H14ClNO3. The number of benzene rings is 1. The molecule has 1 aromatic carbocycles. The first-order valence-corrected chi connectivity index (χ1v) is 5.84. The first-order valence-electron chi connectivity index (χ1n) is 5.46. The van der Waals surface area contributed by atoms with Crippen LogP contribution in [0, 0.1) is 0 Å². The molecule has 1 aliphatic rings. The van der Waals surface area contributed by atoms with Crippen LogP contribution in [0.4, 0.5) is 0 Å². The molecule has 0 saturated carbocycles. The molecular weight excluding hydrogens is 242 g/mol. The smallest absolute Gasteiger partial charge is 0.347 e. The Hall–Kier alpha value is -1.26. The van der Waals surface area contributed by atoms with E-state index in [1.165, 1.54) is 0 Å². The summed E-state index contributed by atoms with van der Waals surface area (Å²) < 4.78 is 10.3. The van der Waals surface area contributed by atoms with Crippen molar-refractivity contribution in [3.63, 3.8) is 0 Å². The van der Waals surface area contributed by atoms with Crippen molar-refractivity contribution in [1.29, 1.82) is 0 Å². The number of cyclic esters (lactones) is 1. The van der Waals surface area contributed by atoms with E-state index in [0.717, 1.165) is 5.56 Å². The second-order valence-corrected chi connectivity index (χ2v) is 4.45. The minimum Gasteiger partial charge on any atom is -0.477 e. The van der Waals surface area contributed by atoms with Gasteiger partial charge in [0.1, 0.15) is 5.75 Å². The Morgan fingerprint density at radius 1 is 1.59 bits per heavy atom. The summed E-state index contributed by atoms with van der Waals surface area (Å²) in [6, 6.07) is 5.23. The predicted molar refractivity (Wildman–Crippen MR) is 64.0 cm³/mol. The van der Waals surface area contributed by atoms with Gasteiger partial charge < -0.3 is 15.2 Å². The van der Waals surface area contributed by atoms with Gasteiger partial charge in [-0.3, -0.25) is 0 Å². The van der Waals surface area contributed by atoms with Gasteiger partial charge in [0.05, 0.1) is 11.6 Å². The van der Waals surface area contributed by atoms with Crippen LogP contribution in [-0.4, -0.2) is 18.7 Å². The Morgan fingerprint density at radius 2 is 2.35 bits per heavy atom. The first-order chi connectivity index (χ1) is 8.08. The van der Waals surface area contributed by atoms with E-state index in [1.807, 2.05) is 13.0 Å². The van der Waals surface area contributed by atoms with Gasteiger partial charge in [-0.15, -0.1) is 0 Å². The van der Waals surface area contributed by atoms with E-state index in [9.17, 15) is 4.79 Å². The molecule has 1 fully saturated rings. The highest BCUT2D eigenvalue weighted by Crippen LogP contribution is 2.29. The molecule has 2 rings (SSSR count). The first kappa shape index (κ1) is 12.2. The van der Waals surface area contributed by atoms with E-state index >= 15 is 0 Å². The third-order valence-electron chi connectivity index (χ3n) is 2.64. The molecule has 1 saturated heterocycles. The maximum absolute atomic E-state index is 11.3. The number of halogens is 1. The molecule has 4 nitrogen and oxygen atoms in total. The summed E-state index contributed by atoms with van der Waals surface area (Å²) in [4.78, 5) is 11.3. The monoisotopic (exact) mass is 255 g/mol. The van der Waals surface area contributed by atoms with Crippen LogP contribution in [0.25, 0.3) is 0 Å². The SMILES string of the molecule is C[C@@H](N)c1ccc(OC2CCOC2=O)c(Cl)c1.